The number of aliphatic imine (C=N–C) groups is 1. The molecule has 2 heterocycles. The Balaban J connectivity index is 0.00000280. The van der Waals surface area contributed by atoms with Gasteiger partial charge in [-0.05, 0) is 17.5 Å². The van der Waals surface area contributed by atoms with Crippen LogP contribution in [-0.2, 0) is 9.53 Å². The van der Waals surface area contributed by atoms with Gasteiger partial charge in [0.1, 0.15) is 0 Å². The summed E-state index contributed by atoms with van der Waals surface area (Å²) in [5, 5.41) is 9.74. The topological polar surface area (TPSA) is 78.0 Å². The number of hydrogen-bond acceptors (Lipinski definition) is 4. The molecule has 156 valence electrons. The Labute approximate surface area is 184 Å². The molecule has 0 bridgehead atoms. The number of nitrogens with zero attached hydrogens (tertiary/aromatic N) is 2. The van der Waals surface area contributed by atoms with E-state index in [1.807, 2.05) is 18.2 Å². The number of anilines is 1. The molecule has 3 N–H and O–H groups in total. The molecule has 7 nitrogen and oxygen atoms in total. The van der Waals surface area contributed by atoms with Gasteiger partial charge in [-0.3, -0.25) is 14.7 Å². The summed E-state index contributed by atoms with van der Waals surface area (Å²) in [6, 6.07) is 8.01. The van der Waals surface area contributed by atoms with Gasteiger partial charge in [0.25, 0.3) is 0 Å². The number of carbonyl (C=O) groups is 1. The normalized spacial score (nSPS) is 21.1. The third-order valence-electron chi connectivity index (χ3n) is 5.14. The fourth-order valence-electron chi connectivity index (χ4n) is 3.68. The van der Waals surface area contributed by atoms with Crippen molar-refractivity contribution in [2.45, 2.75) is 19.3 Å². The summed E-state index contributed by atoms with van der Waals surface area (Å²) >= 11 is 0. The second-order valence-electron chi connectivity index (χ2n) is 7.39. The molecule has 0 saturated carbocycles. The number of amides is 1. The zero-order chi connectivity index (χ0) is 19.1. The van der Waals surface area contributed by atoms with Crippen molar-refractivity contribution < 1.29 is 9.53 Å². The van der Waals surface area contributed by atoms with Crippen molar-refractivity contribution in [1.29, 1.82) is 0 Å². The Morgan fingerprint density at radius 3 is 2.82 bits per heavy atom. The van der Waals surface area contributed by atoms with Crippen molar-refractivity contribution >= 4 is 41.5 Å². The molecular formula is C20H32IN5O2. The van der Waals surface area contributed by atoms with Crippen LogP contribution in [0.15, 0.2) is 29.3 Å². The van der Waals surface area contributed by atoms with Crippen molar-refractivity contribution in [1.82, 2.24) is 15.5 Å². The van der Waals surface area contributed by atoms with Gasteiger partial charge in [-0.25, -0.2) is 0 Å². The maximum Gasteiger partial charge on any atom is 0.225 e. The molecule has 1 aromatic rings. The second kappa shape index (κ2) is 11.6. The Hall–Kier alpha value is -1.39. The molecule has 0 radical (unpaired) electrons. The number of carbonyl (C=O) groups excluding carboxylic acids is 1. The Morgan fingerprint density at radius 1 is 1.32 bits per heavy atom. The van der Waals surface area contributed by atoms with Crippen LogP contribution in [0, 0.1) is 5.92 Å². The lowest BCUT2D eigenvalue weighted by Gasteiger charge is -2.29. The van der Waals surface area contributed by atoms with Crippen molar-refractivity contribution in [3.8, 4) is 0 Å². The molecule has 2 unspecified atom stereocenters. The fourth-order valence-corrected chi connectivity index (χ4v) is 3.68. The van der Waals surface area contributed by atoms with Gasteiger partial charge in [0.2, 0.25) is 5.91 Å². The van der Waals surface area contributed by atoms with E-state index >= 15 is 0 Å². The van der Waals surface area contributed by atoms with Crippen LogP contribution < -0.4 is 16.0 Å². The molecule has 1 amide bonds. The third-order valence-corrected chi connectivity index (χ3v) is 5.14. The van der Waals surface area contributed by atoms with E-state index in [0.717, 1.165) is 51.0 Å². The molecule has 0 spiro atoms. The van der Waals surface area contributed by atoms with Gasteiger partial charge in [-0.1, -0.05) is 25.1 Å². The average molecular weight is 501 g/mol. The van der Waals surface area contributed by atoms with E-state index in [1.54, 1.807) is 7.05 Å². The van der Waals surface area contributed by atoms with E-state index in [-0.39, 0.29) is 35.8 Å². The molecule has 2 aliphatic rings. The average Bonchev–Trinajstić information content (AvgIpc) is 2.68. The highest BCUT2D eigenvalue weighted by atomic mass is 127. The van der Waals surface area contributed by atoms with Crippen molar-refractivity contribution in [2.24, 2.45) is 10.9 Å². The number of rotatable bonds is 6. The zero-order valence-corrected chi connectivity index (χ0v) is 19.1. The van der Waals surface area contributed by atoms with Crippen LogP contribution in [0.25, 0.3) is 0 Å². The molecule has 0 aromatic heterocycles. The Bertz CT molecular complexity index is 664. The van der Waals surface area contributed by atoms with E-state index in [0.29, 0.717) is 18.9 Å². The highest BCUT2D eigenvalue weighted by Crippen LogP contribution is 2.31. The van der Waals surface area contributed by atoms with Gasteiger partial charge in [0.05, 0.1) is 13.2 Å². The highest BCUT2D eigenvalue weighted by Gasteiger charge is 2.24. The number of nitrogens with one attached hydrogen (secondary N) is 3. The van der Waals surface area contributed by atoms with Gasteiger partial charge in [0.15, 0.2) is 5.96 Å². The molecule has 1 fully saturated rings. The van der Waals surface area contributed by atoms with Crippen LogP contribution in [-0.4, -0.2) is 69.8 Å². The predicted octanol–water partition coefficient (Wildman–Crippen LogP) is 1.86. The maximum atomic E-state index is 12.0. The van der Waals surface area contributed by atoms with Crippen LogP contribution >= 0.6 is 24.0 Å². The summed E-state index contributed by atoms with van der Waals surface area (Å²) in [7, 11) is 1.78. The standard InChI is InChI=1S/C20H31N5O2.HI/c1-15(14-25-7-9-27-10-8-25)12-22-20(21-2)23-13-16-11-19(26)24-18-6-4-3-5-17(16)18;/h3-6,15-16H,7-14H2,1-2H3,(H,24,26)(H2,21,22,23);1H. The van der Waals surface area contributed by atoms with Gasteiger partial charge >= 0.3 is 0 Å². The summed E-state index contributed by atoms with van der Waals surface area (Å²) in [4.78, 5) is 18.7. The fraction of sp³-hybridized carbons (Fsp3) is 0.600. The first-order valence-electron chi connectivity index (χ1n) is 9.79. The van der Waals surface area contributed by atoms with Crippen LogP contribution in [0.5, 0.6) is 0 Å². The number of morpholine rings is 1. The minimum atomic E-state index is 0. The van der Waals surface area contributed by atoms with Gasteiger partial charge < -0.3 is 20.7 Å². The number of benzene rings is 1. The summed E-state index contributed by atoms with van der Waals surface area (Å²) in [5.41, 5.74) is 2.10. The van der Waals surface area contributed by atoms with Crippen LogP contribution in [0.4, 0.5) is 5.69 Å². The predicted molar refractivity (Wildman–Crippen MR) is 124 cm³/mol. The number of guanidine groups is 1. The lowest BCUT2D eigenvalue weighted by atomic mass is 9.90. The zero-order valence-electron chi connectivity index (χ0n) is 16.7. The van der Waals surface area contributed by atoms with Crippen LogP contribution in [0.2, 0.25) is 0 Å². The molecule has 28 heavy (non-hydrogen) atoms. The minimum Gasteiger partial charge on any atom is -0.379 e. The molecule has 8 heteroatoms. The SMILES string of the molecule is CN=C(NCC(C)CN1CCOCC1)NCC1CC(=O)Nc2ccccc21.I. The minimum absolute atomic E-state index is 0. The second-order valence-corrected chi connectivity index (χ2v) is 7.39. The van der Waals surface area contributed by atoms with Crippen LogP contribution in [0.3, 0.4) is 0 Å². The first kappa shape index (κ1) is 22.9. The first-order valence-corrected chi connectivity index (χ1v) is 9.79. The highest BCUT2D eigenvalue weighted by molar-refractivity contribution is 14.0. The molecule has 2 aliphatic heterocycles. The monoisotopic (exact) mass is 501 g/mol. The number of ether oxygens (including phenoxy) is 1. The first-order chi connectivity index (χ1) is 13.2. The van der Waals surface area contributed by atoms with Crippen LogP contribution in [0.1, 0.15) is 24.8 Å². The van der Waals surface area contributed by atoms with Gasteiger partial charge in [-0.2, -0.15) is 0 Å². The molecule has 3 rings (SSSR count). The maximum absolute atomic E-state index is 12.0. The number of para-hydroxylation sites is 1. The van der Waals surface area contributed by atoms with E-state index in [2.05, 4.69) is 38.8 Å². The smallest absolute Gasteiger partial charge is 0.225 e. The summed E-state index contributed by atoms with van der Waals surface area (Å²) in [6.07, 6.45) is 0.494. The number of hydrogen-bond donors (Lipinski definition) is 3. The summed E-state index contributed by atoms with van der Waals surface area (Å²) in [6.45, 7) is 8.54. The van der Waals surface area contributed by atoms with Crippen molar-refractivity contribution in [3.63, 3.8) is 0 Å². The van der Waals surface area contributed by atoms with E-state index < -0.39 is 0 Å². The van der Waals surface area contributed by atoms with Crippen molar-refractivity contribution in [2.75, 3.05) is 58.3 Å². The van der Waals surface area contributed by atoms with E-state index in [4.69, 9.17) is 4.74 Å². The number of fused-ring (bicyclic) bond motifs is 1. The molecular weight excluding hydrogens is 469 g/mol. The number of halogens is 1. The molecule has 1 aromatic carbocycles. The lowest BCUT2D eigenvalue weighted by Crippen LogP contribution is -2.45. The summed E-state index contributed by atoms with van der Waals surface area (Å²) < 4.78 is 5.40. The van der Waals surface area contributed by atoms with Gasteiger partial charge in [0, 0.05) is 57.8 Å². The van der Waals surface area contributed by atoms with E-state index in [9.17, 15) is 4.79 Å². The third kappa shape index (κ3) is 6.59. The Morgan fingerprint density at radius 2 is 2.07 bits per heavy atom. The van der Waals surface area contributed by atoms with Crippen molar-refractivity contribution in [3.05, 3.63) is 29.8 Å². The van der Waals surface area contributed by atoms with E-state index in [1.165, 1.54) is 5.56 Å². The Kier molecular flexibility index (Phi) is 9.46. The molecule has 2 atom stereocenters. The van der Waals surface area contributed by atoms with Gasteiger partial charge in [-0.15, -0.1) is 24.0 Å². The summed E-state index contributed by atoms with van der Waals surface area (Å²) in [5.74, 6) is 1.52. The lowest BCUT2D eigenvalue weighted by molar-refractivity contribution is -0.116. The quantitative estimate of drug-likeness (QED) is 0.315. The molecule has 1 saturated heterocycles. The largest absolute Gasteiger partial charge is 0.379 e. The molecule has 0 aliphatic carbocycles.